The maximum Gasteiger partial charge on any atom is 0.251 e. The fraction of sp³-hybridized carbons (Fsp3) is 0.412. The van der Waals surface area contributed by atoms with Gasteiger partial charge in [0.25, 0.3) is 5.91 Å². The molecule has 4 aromatic carbocycles. The zero-order valence-corrected chi connectivity index (χ0v) is 38.9. The molecule has 5 rings (SSSR count). The summed E-state index contributed by atoms with van der Waals surface area (Å²) in [7, 11) is 1.47. The number of nitriles is 1. The summed E-state index contributed by atoms with van der Waals surface area (Å²) in [5, 5.41) is 20.5. The molecule has 5 atom stereocenters. The van der Waals surface area contributed by atoms with E-state index < -0.39 is 59.7 Å². The Morgan fingerprint density at radius 1 is 0.806 bits per heavy atom. The van der Waals surface area contributed by atoms with Crippen molar-refractivity contribution in [2.45, 2.75) is 95.9 Å². The van der Waals surface area contributed by atoms with Crippen LogP contribution < -0.4 is 47.9 Å². The van der Waals surface area contributed by atoms with E-state index in [2.05, 4.69) is 52.5 Å². The number of amides is 5. The third kappa shape index (κ3) is 13.9. The van der Waals surface area contributed by atoms with E-state index in [4.69, 9.17) is 26.7 Å². The van der Waals surface area contributed by atoms with Crippen molar-refractivity contribution in [1.82, 2.24) is 26.2 Å². The van der Waals surface area contributed by atoms with Gasteiger partial charge in [0.15, 0.2) is 0 Å². The Hall–Kier alpha value is -6.80. The number of carbonyl (C=O) groups is 5. The van der Waals surface area contributed by atoms with E-state index in [1.807, 2.05) is 18.2 Å². The van der Waals surface area contributed by atoms with E-state index in [1.165, 1.54) is 31.4 Å². The summed E-state index contributed by atoms with van der Waals surface area (Å²) in [4.78, 5) is 72.1. The summed E-state index contributed by atoms with van der Waals surface area (Å²) in [5.41, 5.74) is 23.1. The summed E-state index contributed by atoms with van der Waals surface area (Å²) >= 11 is 0. The molecule has 0 aliphatic carbocycles. The van der Waals surface area contributed by atoms with Gasteiger partial charge in [0.1, 0.15) is 54.9 Å². The lowest BCUT2D eigenvalue weighted by Crippen LogP contribution is -2.56. The topological polar surface area (TPSA) is 257 Å². The molecule has 0 fully saturated rings. The standard InChI is InChI=1S/C51H65N9O7/c1-5-6-9-34-11-14-36(15-12-34)37-16-18-38(19-17-37)48(62)58-42(10-7-8-23-52)51(65)60(4)46-39-20-22-45(67-27-25-54)41(30-39)40-28-35(13-21-44(40)66-26-24-53)29-43(49(63)56-32(2)31-55)59-47(61)33(3)57-50(46)64/h11-22,28,30,32-33,42-43,46H,5-10,23-27,29,52-54H2,1-4H3,(H,56,63)(H,57,64)(H,58,62)(H,59,61)/t32-,33+,42+,43+,46+/m1/s1. The van der Waals surface area contributed by atoms with Crippen LogP contribution in [0.25, 0.3) is 22.3 Å². The lowest BCUT2D eigenvalue weighted by molar-refractivity contribution is -0.141. The van der Waals surface area contributed by atoms with Crippen LogP contribution in [-0.4, -0.2) is 98.5 Å². The number of likely N-dealkylation sites (N-methyl/N-ethyl adjacent to an activating group) is 1. The molecule has 0 saturated heterocycles. The third-order valence-electron chi connectivity index (χ3n) is 11.6. The van der Waals surface area contributed by atoms with Crippen LogP contribution in [0.2, 0.25) is 0 Å². The molecule has 16 heteroatoms. The normalized spacial score (nSPS) is 16.8. The van der Waals surface area contributed by atoms with Crippen molar-refractivity contribution in [3.63, 3.8) is 0 Å². The van der Waals surface area contributed by atoms with Gasteiger partial charge in [-0.15, -0.1) is 0 Å². The van der Waals surface area contributed by atoms with Crippen molar-refractivity contribution >= 4 is 29.5 Å². The predicted octanol–water partition coefficient (Wildman–Crippen LogP) is 4.04. The molecular weight excluding hydrogens is 851 g/mol. The first-order chi connectivity index (χ1) is 32.3. The average Bonchev–Trinajstić information content (AvgIpc) is 3.33. The van der Waals surface area contributed by atoms with Gasteiger partial charge < -0.3 is 52.8 Å². The molecule has 1 heterocycles. The molecule has 1 aliphatic rings. The maximum absolute atomic E-state index is 14.8. The second kappa shape index (κ2) is 25.2. The molecule has 4 aromatic rings. The number of hydrogen-bond donors (Lipinski definition) is 7. The maximum atomic E-state index is 14.8. The minimum atomic E-state index is -1.36. The van der Waals surface area contributed by atoms with E-state index >= 15 is 0 Å². The number of nitrogens with one attached hydrogen (secondary N) is 4. The van der Waals surface area contributed by atoms with Crippen molar-refractivity contribution in [1.29, 1.82) is 5.26 Å². The molecule has 16 nitrogen and oxygen atoms in total. The fourth-order valence-electron chi connectivity index (χ4n) is 7.85. The molecule has 67 heavy (non-hydrogen) atoms. The second-order valence-electron chi connectivity index (χ2n) is 16.8. The summed E-state index contributed by atoms with van der Waals surface area (Å²) in [5.74, 6) is -2.24. The number of nitrogens with two attached hydrogens (primary N) is 3. The summed E-state index contributed by atoms with van der Waals surface area (Å²) in [6.07, 6.45) is 4.58. The minimum absolute atomic E-state index is 0.00743. The highest BCUT2D eigenvalue weighted by Crippen LogP contribution is 2.40. The van der Waals surface area contributed by atoms with Crippen LogP contribution in [0.1, 0.15) is 86.0 Å². The molecule has 0 radical (unpaired) electrons. The largest absolute Gasteiger partial charge is 0.492 e. The quantitative estimate of drug-likeness (QED) is 0.0623. The Balaban J connectivity index is 1.55. The number of hydrogen-bond acceptors (Lipinski definition) is 11. The molecule has 0 unspecified atom stereocenters. The SMILES string of the molecule is CCCCc1ccc(-c2ccc(C(=O)N[C@@H](CCCCN)C(=O)N(C)[C@@H]3C(=O)N[C@@H](C)C(=O)N[C@H](C(=O)N[C@H](C)C#N)Cc4ccc(OCCN)c(c4)-c4cc3ccc4OCCN)cc2)cc1. The third-order valence-corrected chi connectivity index (χ3v) is 11.6. The number of fused-ring (bicyclic) bond motifs is 5. The van der Waals surface area contributed by atoms with Crippen molar-refractivity contribution in [2.24, 2.45) is 17.2 Å². The number of carbonyl (C=O) groups excluding carboxylic acids is 5. The number of unbranched alkanes of at least 4 members (excludes halogenated alkanes) is 2. The van der Waals surface area contributed by atoms with Gasteiger partial charge in [-0.1, -0.05) is 61.9 Å². The highest BCUT2D eigenvalue weighted by molar-refractivity contribution is 5.99. The summed E-state index contributed by atoms with van der Waals surface area (Å²) < 4.78 is 12.3. The first-order valence-electron chi connectivity index (χ1n) is 23.0. The van der Waals surface area contributed by atoms with E-state index in [1.54, 1.807) is 48.5 Å². The molecule has 0 spiro atoms. The average molecular weight is 916 g/mol. The number of rotatable bonds is 20. The van der Waals surface area contributed by atoms with E-state index in [0.717, 1.165) is 30.4 Å². The van der Waals surface area contributed by atoms with Gasteiger partial charge in [0.05, 0.1) is 6.07 Å². The smallest absolute Gasteiger partial charge is 0.251 e. The van der Waals surface area contributed by atoms with Crippen molar-refractivity contribution in [2.75, 3.05) is 39.9 Å². The van der Waals surface area contributed by atoms with Gasteiger partial charge in [-0.05, 0) is 117 Å². The van der Waals surface area contributed by atoms with Crippen LogP contribution in [-0.2, 0) is 32.0 Å². The van der Waals surface area contributed by atoms with Gasteiger partial charge in [0, 0.05) is 43.2 Å². The van der Waals surface area contributed by atoms with Crippen LogP contribution in [0, 0.1) is 11.3 Å². The van der Waals surface area contributed by atoms with Gasteiger partial charge in [-0.25, -0.2) is 0 Å². The number of benzene rings is 4. The van der Waals surface area contributed by atoms with Gasteiger partial charge >= 0.3 is 0 Å². The zero-order chi connectivity index (χ0) is 48.5. The van der Waals surface area contributed by atoms with Crippen LogP contribution in [0.3, 0.4) is 0 Å². The first kappa shape index (κ1) is 51.2. The van der Waals surface area contributed by atoms with Crippen LogP contribution >= 0.6 is 0 Å². The number of aryl methyl sites for hydroxylation is 1. The lowest BCUT2D eigenvalue weighted by Gasteiger charge is -2.33. The molecule has 1 aliphatic heterocycles. The molecule has 10 N–H and O–H groups in total. The van der Waals surface area contributed by atoms with E-state index in [-0.39, 0.29) is 39.1 Å². The molecule has 4 bridgehead atoms. The molecule has 0 saturated carbocycles. The Morgan fingerprint density at radius 2 is 1.43 bits per heavy atom. The van der Waals surface area contributed by atoms with Crippen LogP contribution in [0.5, 0.6) is 11.5 Å². The van der Waals surface area contributed by atoms with E-state index in [9.17, 15) is 29.2 Å². The highest BCUT2D eigenvalue weighted by Gasteiger charge is 2.36. The fourth-order valence-corrected chi connectivity index (χ4v) is 7.85. The molecule has 0 aromatic heterocycles. The first-order valence-corrected chi connectivity index (χ1v) is 23.0. The highest BCUT2D eigenvalue weighted by atomic mass is 16.5. The summed E-state index contributed by atoms with van der Waals surface area (Å²) in [6.45, 7) is 6.23. The molecule has 356 valence electrons. The van der Waals surface area contributed by atoms with Crippen LogP contribution in [0.15, 0.2) is 84.9 Å². The summed E-state index contributed by atoms with van der Waals surface area (Å²) in [6, 6.07) is 22.2. The Bertz CT molecular complexity index is 2370. The zero-order valence-electron chi connectivity index (χ0n) is 38.9. The Kier molecular flexibility index (Phi) is 19.3. The van der Waals surface area contributed by atoms with Crippen molar-refractivity contribution in [3.8, 4) is 39.8 Å². The molecular formula is C51H65N9O7. The van der Waals surface area contributed by atoms with E-state index in [0.29, 0.717) is 58.7 Å². The van der Waals surface area contributed by atoms with Crippen LogP contribution in [0.4, 0.5) is 0 Å². The number of nitrogens with zero attached hydrogens (tertiary/aromatic N) is 2. The van der Waals surface area contributed by atoms with Crippen molar-refractivity contribution in [3.05, 3.63) is 107 Å². The van der Waals surface area contributed by atoms with Gasteiger partial charge in [-0.3, -0.25) is 24.0 Å². The second-order valence-corrected chi connectivity index (χ2v) is 16.8. The van der Waals surface area contributed by atoms with Crippen molar-refractivity contribution < 1.29 is 33.4 Å². The lowest BCUT2D eigenvalue weighted by atomic mass is 9.93. The number of ether oxygens (including phenoxy) is 2. The van der Waals surface area contributed by atoms with Gasteiger partial charge in [-0.2, -0.15) is 5.26 Å². The van der Waals surface area contributed by atoms with Gasteiger partial charge in [0.2, 0.25) is 23.6 Å². The Labute approximate surface area is 393 Å². The molecule has 5 amide bonds. The predicted molar refractivity (Wildman–Crippen MR) is 258 cm³/mol. The Morgan fingerprint density at radius 3 is 2.04 bits per heavy atom. The monoisotopic (exact) mass is 916 g/mol. The minimum Gasteiger partial charge on any atom is -0.492 e.